The van der Waals surface area contributed by atoms with Crippen LogP contribution in [0.1, 0.15) is 63.5 Å². The van der Waals surface area contributed by atoms with Gasteiger partial charge in [-0.05, 0) is 87.6 Å². The number of carbonyl (C=O) groups excluding carboxylic acids is 1. The van der Waals surface area contributed by atoms with Crippen LogP contribution in [0, 0.1) is 17.2 Å². The molecule has 0 aliphatic heterocycles. The molecule has 2 saturated carbocycles. The zero-order chi connectivity index (χ0) is 27.5. The number of hydrogen-bond acceptors (Lipinski definition) is 5. The molecule has 0 bridgehead atoms. The van der Waals surface area contributed by atoms with Gasteiger partial charge in [0.2, 0.25) is 0 Å². The van der Waals surface area contributed by atoms with Gasteiger partial charge in [0.15, 0.2) is 0 Å². The normalized spacial score (nSPS) is 15.8. The number of unbranched alkanes of at least 4 members (excludes halogenated alkanes) is 1. The average molecular weight is 538 g/mol. The Balaban J connectivity index is 1.21. The fraction of sp³-hybridized carbons (Fsp3) is 0.406. The second kappa shape index (κ2) is 11.5. The molecule has 0 radical (unpaired) electrons. The molecule has 2 heterocycles. The minimum Gasteiger partial charge on any atom is -0.494 e. The molecule has 2 aliphatic rings. The molecule has 40 heavy (non-hydrogen) atoms. The number of aromatic nitrogens is 3. The second-order valence-electron chi connectivity index (χ2n) is 11.0. The Morgan fingerprint density at radius 3 is 2.65 bits per heavy atom. The highest BCUT2D eigenvalue weighted by Crippen LogP contribution is 2.43. The lowest BCUT2D eigenvalue weighted by Gasteiger charge is -2.30. The molecule has 206 valence electrons. The van der Waals surface area contributed by atoms with Gasteiger partial charge in [-0.25, -0.2) is 9.78 Å². The van der Waals surface area contributed by atoms with E-state index in [9.17, 15) is 10.1 Å². The van der Waals surface area contributed by atoms with Gasteiger partial charge in [0.05, 0.1) is 29.7 Å². The molecule has 2 fully saturated rings. The summed E-state index contributed by atoms with van der Waals surface area (Å²) in [7, 11) is 0. The Kier molecular flexibility index (Phi) is 7.45. The smallest absolute Gasteiger partial charge is 0.411 e. The van der Waals surface area contributed by atoms with Crippen molar-refractivity contribution in [2.45, 2.75) is 70.6 Å². The quantitative estimate of drug-likeness (QED) is 0.203. The van der Waals surface area contributed by atoms with Crippen molar-refractivity contribution in [1.82, 2.24) is 14.1 Å². The van der Waals surface area contributed by atoms with Crippen molar-refractivity contribution < 1.29 is 14.3 Å². The molecule has 1 unspecified atom stereocenters. The lowest BCUT2D eigenvalue weighted by atomic mass is 9.92. The molecule has 6 rings (SSSR count). The van der Waals surface area contributed by atoms with Gasteiger partial charge in [0.25, 0.3) is 0 Å². The molecule has 0 saturated heterocycles. The van der Waals surface area contributed by atoms with Gasteiger partial charge in [0.1, 0.15) is 17.9 Å². The number of carbonyl (C=O) groups is 1. The predicted octanol–water partition coefficient (Wildman–Crippen LogP) is 7.31. The van der Waals surface area contributed by atoms with Gasteiger partial charge in [-0.3, -0.25) is 5.32 Å². The summed E-state index contributed by atoms with van der Waals surface area (Å²) in [6.45, 7) is 3.51. The number of hydrogen-bond donors (Lipinski definition) is 1. The van der Waals surface area contributed by atoms with Crippen LogP contribution < -0.4 is 10.1 Å². The van der Waals surface area contributed by atoms with E-state index >= 15 is 0 Å². The third-order valence-electron chi connectivity index (χ3n) is 8.15. The van der Waals surface area contributed by atoms with Crippen LogP contribution in [0.5, 0.6) is 5.75 Å². The minimum absolute atomic E-state index is 0.0631. The predicted molar refractivity (Wildman–Crippen MR) is 154 cm³/mol. The number of benzene rings is 2. The van der Waals surface area contributed by atoms with Gasteiger partial charge >= 0.3 is 6.09 Å². The van der Waals surface area contributed by atoms with Gasteiger partial charge in [-0.2, -0.15) is 5.26 Å². The van der Waals surface area contributed by atoms with E-state index in [1.807, 2.05) is 55.8 Å². The highest BCUT2D eigenvalue weighted by Gasteiger charge is 2.31. The van der Waals surface area contributed by atoms with Crippen molar-refractivity contribution in [3.8, 4) is 23.1 Å². The van der Waals surface area contributed by atoms with E-state index in [-0.39, 0.29) is 6.10 Å². The zero-order valence-corrected chi connectivity index (χ0v) is 22.9. The Bertz CT molecular complexity index is 1510. The van der Waals surface area contributed by atoms with E-state index in [1.54, 1.807) is 6.20 Å². The maximum absolute atomic E-state index is 12.3. The molecule has 2 aliphatic carbocycles. The fourth-order valence-corrected chi connectivity index (χ4v) is 5.50. The first-order valence-corrected chi connectivity index (χ1v) is 14.4. The first-order valence-electron chi connectivity index (χ1n) is 14.4. The Morgan fingerprint density at radius 2 is 1.98 bits per heavy atom. The van der Waals surface area contributed by atoms with Crippen LogP contribution in [0.4, 0.5) is 10.5 Å². The molecular formula is C32H35N5O3. The van der Waals surface area contributed by atoms with Crippen molar-refractivity contribution in [2.75, 3.05) is 11.9 Å². The monoisotopic (exact) mass is 537 g/mol. The van der Waals surface area contributed by atoms with E-state index in [0.717, 1.165) is 73.0 Å². The van der Waals surface area contributed by atoms with Crippen LogP contribution in [0.15, 0.2) is 61.2 Å². The summed E-state index contributed by atoms with van der Waals surface area (Å²) in [6, 6.07) is 16.6. The molecule has 2 aromatic heterocycles. The molecule has 1 atom stereocenters. The topological polar surface area (TPSA) is 94.1 Å². The number of aryl methyl sites for hydroxylation is 1. The number of anilines is 1. The van der Waals surface area contributed by atoms with Gasteiger partial charge in [0, 0.05) is 42.1 Å². The van der Waals surface area contributed by atoms with Crippen molar-refractivity contribution in [3.05, 3.63) is 66.7 Å². The first-order chi connectivity index (χ1) is 19.6. The summed E-state index contributed by atoms with van der Waals surface area (Å²) in [5, 5.41) is 14.0. The van der Waals surface area contributed by atoms with Crippen molar-refractivity contribution in [3.63, 3.8) is 0 Å². The van der Waals surface area contributed by atoms with E-state index in [0.29, 0.717) is 29.8 Å². The zero-order valence-electron chi connectivity index (χ0n) is 22.9. The van der Waals surface area contributed by atoms with E-state index in [2.05, 4.69) is 31.6 Å². The molecule has 0 spiro atoms. The maximum atomic E-state index is 12.3. The number of imidazole rings is 1. The molecule has 1 amide bonds. The molecule has 4 aromatic rings. The van der Waals surface area contributed by atoms with Crippen LogP contribution in [-0.4, -0.2) is 32.9 Å². The van der Waals surface area contributed by atoms with Crippen LogP contribution in [0.3, 0.4) is 0 Å². The van der Waals surface area contributed by atoms with Crippen LogP contribution in [0.25, 0.3) is 22.2 Å². The summed E-state index contributed by atoms with van der Waals surface area (Å²) >= 11 is 0. The first kappa shape index (κ1) is 26.0. The van der Waals surface area contributed by atoms with Gasteiger partial charge in [-0.15, -0.1) is 0 Å². The number of ether oxygens (including phenoxy) is 2. The number of nitriles is 1. The Labute approximate surface area is 234 Å². The molecule has 8 nitrogen and oxygen atoms in total. The second-order valence-corrected chi connectivity index (χ2v) is 11.0. The SMILES string of the molecule is CC(OC(=O)Nc1ccc(-c2c(C#N)c3ccc(OCCCCn4ccnc4)cc3n2C2CCC2)cc1)C1CC1. The number of amides is 1. The maximum Gasteiger partial charge on any atom is 0.411 e. The third kappa shape index (κ3) is 5.55. The van der Waals surface area contributed by atoms with Crippen LogP contribution in [0.2, 0.25) is 0 Å². The van der Waals surface area contributed by atoms with Crippen LogP contribution >= 0.6 is 0 Å². The minimum atomic E-state index is -0.428. The summed E-state index contributed by atoms with van der Waals surface area (Å²) < 4.78 is 16.0. The van der Waals surface area contributed by atoms with Gasteiger partial charge in [-0.1, -0.05) is 12.1 Å². The largest absolute Gasteiger partial charge is 0.494 e. The molecule has 2 aromatic carbocycles. The van der Waals surface area contributed by atoms with Crippen molar-refractivity contribution >= 4 is 22.7 Å². The molecule has 8 heteroatoms. The van der Waals surface area contributed by atoms with Gasteiger partial charge < -0.3 is 18.6 Å². The van der Waals surface area contributed by atoms with Crippen molar-refractivity contribution in [1.29, 1.82) is 5.26 Å². The number of rotatable bonds is 11. The summed E-state index contributed by atoms with van der Waals surface area (Å²) in [5.41, 5.74) is 4.26. The molecular weight excluding hydrogens is 502 g/mol. The summed E-state index contributed by atoms with van der Waals surface area (Å²) in [6.07, 6.45) is 12.7. The number of fused-ring (bicyclic) bond motifs is 1. The number of nitrogens with one attached hydrogen (secondary N) is 1. The van der Waals surface area contributed by atoms with Crippen LogP contribution in [-0.2, 0) is 11.3 Å². The lowest BCUT2D eigenvalue weighted by Crippen LogP contribution is -2.21. The summed E-state index contributed by atoms with van der Waals surface area (Å²) in [5.74, 6) is 1.31. The Morgan fingerprint density at radius 1 is 1.15 bits per heavy atom. The third-order valence-corrected chi connectivity index (χ3v) is 8.15. The fourth-order valence-electron chi connectivity index (χ4n) is 5.50. The highest BCUT2D eigenvalue weighted by molar-refractivity contribution is 5.96. The average Bonchev–Trinajstić information content (AvgIpc) is 3.57. The number of nitrogens with zero attached hydrogens (tertiary/aromatic N) is 4. The van der Waals surface area contributed by atoms with E-state index in [4.69, 9.17) is 9.47 Å². The Hall–Kier alpha value is -4.25. The standard InChI is InChI=1S/C32H35N5O3/c1-22(23-7-8-23)40-32(38)35-25-11-9-24(10-12-25)31-29(20-33)28-14-13-27(19-30(28)37(31)26-5-4-6-26)39-18-3-2-16-36-17-15-34-21-36/h9-15,17,19,21-23,26H,2-8,16,18H2,1H3,(H,35,38). The lowest BCUT2D eigenvalue weighted by molar-refractivity contribution is 0.108. The van der Waals surface area contributed by atoms with E-state index in [1.165, 1.54) is 6.42 Å². The molecule has 1 N–H and O–H groups in total. The summed E-state index contributed by atoms with van der Waals surface area (Å²) in [4.78, 5) is 16.4. The highest BCUT2D eigenvalue weighted by atomic mass is 16.6. The van der Waals surface area contributed by atoms with Crippen molar-refractivity contribution in [2.24, 2.45) is 5.92 Å². The van der Waals surface area contributed by atoms with E-state index < -0.39 is 6.09 Å².